The average Bonchev–Trinajstić information content (AvgIpc) is 3.02. The lowest BCUT2D eigenvalue weighted by Crippen LogP contribution is -2.53. The van der Waals surface area contributed by atoms with Crippen LogP contribution in [0.4, 0.5) is 5.69 Å². The Morgan fingerprint density at radius 3 is 2.14 bits per heavy atom. The van der Waals surface area contributed by atoms with Crippen LogP contribution in [0.15, 0.2) is 102 Å². The van der Waals surface area contributed by atoms with Crippen LogP contribution in [0.5, 0.6) is 5.75 Å². The number of rotatable bonds is 12. The molecule has 2 amide bonds. The van der Waals surface area contributed by atoms with E-state index >= 15 is 0 Å². The van der Waals surface area contributed by atoms with Gasteiger partial charge in [-0.05, 0) is 48.9 Å². The Balaban J connectivity index is 1.83. The van der Waals surface area contributed by atoms with E-state index < -0.39 is 34.4 Å². The van der Waals surface area contributed by atoms with E-state index in [9.17, 15) is 18.0 Å². The van der Waals surface area contributed by atoms with E-state index in [0.29, 0.717) is 21.4 Å². The lowest BCUT2D eigenvalue weighted by atomic mass is 10.0. The third-order valence-corrected chi connectivity index (χ3v) is 9.63. The van der Waals surface area contributed by atoms with Gasteiger partial charge in [0.15, 0.2) is 0 Å². The minimum absolute atomic E-state index is 0.00607. The second kappa shape index (κ2) is 14.6. The Kier molecular flexibility index (Phi) is 10.9. The molecule has 0 heterocycles. The molecule has 44 heavy (non-hydrogen) atoms. The first kappa shape index (κ1) is 32.9. The summed E-state index contributed by atoms with van der Waals surface area (Å²) >= 11 is 13.0. The molecule has 1 N–H and O–H groups in total. The first-order valence-electron chi connectivity index (χ1n) is 13.8. The molecule has 0 bridgehead atoms. The van der Waals surface area contributed by atoms with Gasteiger partial charge in [0.1, 0.15) is 18.3 Å². The third kappa shape index (κ3) is 7.72. The summed E-state index contributed by atoms with van der Waals surface area (Å²) in [6.07, 6.45) is 0.165. The van der Waals surface area contributed by atoms with E-state index in [2.05, 4.69) is 5.32 Å². The smallest absolute Gasteiger partial charge is 0.264 e. The van der Waals surface area contributed by atoms with E-state index in [-0.39, 0.29) is 23.5 Å². The number of ether oxygens (including phenoxy) is 1. The molecule has 8 nitrogen and oxygen atoms in total. The van der Waals surface area contributed by atoms with Crippen molar-refractivity contribution in [2.45, 2.75) is 30.8 Å². The largest absolute Gasteiger partial charge is 0.497 e. The van der Waals surface area contributed by atoms with Crippen molar-refractivity contribution < 1.29 is 22.7 Å². The summed E-state index contributed by atoms with van der Waals surface area (Å²) in [4.78, 5) is 29.1. The Labute approximate surface area is 268 Å². The lowest BCUT2D eigenvalue weighted by Gasteiger charge is -2.34. The van der Waals surface area contributed by atoms with Crippen molar-refractivity contribution in [2.75, 3.05) is 25.0 Å². The van der Waals surface area contributed by atoms with Gasteiger partial charge >= 0.3 is 0 Å². The molecule has 0 aliphatic carbocycles. The van der Waals surface area contributed by atoms with Gasteiger partial charge in [0.05, 0.1) is 17.7 Å². The van der Waals surface area contributed by atoms with Crippen molar-refractivity contribution >= 4 is 50.7 Å². The Hall–Kier alpha value is -4.05. The Morgan fingerprint density at radius 2 is 1.52 bits per heavy atom. The zero-order valence-electron chi connectivity index (χ0n) is 24.5. The zero-order valence-corrected chi connectivity index (χ0v) is 26.9. The minimum Gasteiger partial charge on any atom is -0.497 e. The molecule has 0 aromatic heterocycles. The van der Waals surface area contributed by atoms with E-state index in [1.54, 1.807) is 48.5 Å². The number of nitrogens with zero attached hydrogens (tertiary/aromatic N) is 2. The van der Waals surface area contributed by atoms with Gasteiger partial charge in [0, 0.05) is 41.7 Å². The van der Waals surface area contributed by atoms with E-state index in [0.717, 1.165) is 15.4 Å². The molecular weight excluding hydrogens is 621 g/mol. The first-order chi connectivity index (χ1) is 21.0. The van der Waals surface area contributed by atoms with Crippen LogP contribution in [0.3, 0.4) is 0 Å². The highest BCUT2D eigenvalue weighted by Gasteiger charge is 2.35. The van der Waals surface area contributed by atoms with Crippen LogP contribution in [0.2, 0.25) is 10.0 Å². The fraction of sp³-hybridized carbons (Fsp3) is 0.212. The molecular formula is C33H33Cl2N3O5S. The quantitative estimate of drug-likeness (QED) is 0.206. The summed E-state index contributed by atoms with van der Waals surface area (Å²) in [6, 6.07) is 26.0. The molecule has 0 aliphatic rings. The predicted octanol–water partition coefficient (Wildman–Crippen LogP) is 5.89. The summed E-state index contributed by atoms with van der Waals surface area (Å²) in [5.74, 6) is -0.658. The van der Waals surface area contributed by atoms with Crippen molar-refractivity contribution in [3.05, 3.63) is 124 Å². The summed E-state index contributed by atoms with van der Waals surface area (Å²) < 4.78 is 34.6. The highest BCUT2D eigenvalue weighted by molar-refractivity contribution is 7.92. The van der Waals surface area contributed by atoms with Crippen molar-refractivity contribution in [3.8, 4) is 5.75 Å². The molecule has 0 radical (unpaired) electrons. The molecule has 11 heteroatoms. The number of aryl methyl sites for hydroxylation is 1. The maximum Gasteiger partial charge on any atom is 0.264 e. The summed E-state index contributed by atoms with van der Waals surface area (Å²) in [7, 11) is -1.30. The summed E-state index contributed by atoms with van der Waals surface area (Å²) in [5.41, 5.74) is 2.33. The number of likely N-dealkylation sites (N-methyl/N-ethyl adjacent to an activating group) is 1. The van der Waals surface area contributed by atoms with Crippen molar-refractivity contribution in [1.82, 2.24) is 10.2 Å². The number of amides is 2. The van der Waals surface area contributed by atoms with Crippen LogP contribution in [-0.4, -0.2) is 51.9 Å². The first-order valence-corrected chi connectivity index (χ1v) is 16.0. The van der Waals surface area contributed by atoms with Crippen molar-refractivity contribution in [2.24, 2.45) is 0 Å². The fourth-order valence-electron chi connectivity index (χ4n) is 4.71. The zero-order chi connectivity index (χ0) is 31.9. The van der Waals surface area contributed by atoms with Gasteiger partial charge in [-0.3, -0.25) is 13.9 Å². The second-order valence-electron chi connectivity index (χ2n) is 10.1. The molecule has 1 atom stereocenters. The van der Waals surface area contributed by atoms with Gasteiger partial charge in [-0.2, -0.15) is 0 Å². The predicted molar refractivity (Wildman–Crippen MR) is 174 cm³/mol. The Bertz CT molecular complexity index is 1700. The number of carbonyl (C=O) groups excluding carboxylic acids is 2. The van der Waals surface area contributed by atoms with Crippen LogP contribution >= 0.6 is 23.2 Å². The number of nitrogens with one attached hydrogen (secondary N) is 1. The maximum atomic E-state index is 14.4. The number of carbonyl (C=O) groups is 2. The highest BCUT2D eigenvalue weighted by Crippen LogP contribution is 2.30. The van der Waals surface area contributed by atoms with Gasteiger partial charge in [-0.25, -0.2) is 8.42 Å². The number of anilines is 1. The van der Waals surface area contributed by atoms with Gasteiger partial charge < -0.3 is 15.0 Å². The molecule has 230 valence electrons. The third-order valence-electron chi connectivity index (χ3n) is 7.14. The Morgan fingerprint density at radius 1 is 0.886 bits per heavy atom. The molecule has 4 rings (SSSR count). The van der Waals surface area contributed by atoms with E-state index in [1.807, 2.05) is 37.3 Å². The fourth-order valence-corrected chi connectivity index (χ4v) is 6.63. The van der Waals surface area contributed by atoms with Gasteiger partial charge in [0.25, 0.3) is 10.0 Å². The normalized spacial score (nSPS) is 11.8. The second-order valence-corrected chi connectivity index (χ2v) is 12.7. The maximum absolute atomic E-state index is 14.4. The number of hydrogen-bond donors (Lipinski definition) is 1. The topological polar surface area (TPSA) is 96.0 Å². The number of benzene rings is 4. The standard InChI is InChI=1S/C33H33Cl2N3O5S/c1-23-15-17-27(18-16-23)44(41,42)38(25-11-7-12-26(20-25)43-3)22-32(39)37(21-28-29(34)13-8-14-30(28)35)31(33(40)36-2)19-24-9-5-4-6-10-24/h4-18,20,31H,19,21-22H2,1-3H3,(H,36,40)/t31-/m1/s1. The molecule has 0 spiro atoms. The molecule has 0 saturated carbocycles. The van der Waals surface area contributed by atoms with E-state index in [4.69, 9.17) is 27.9 Å². The summed E-state index contributed by atoms with van der Waals surface area (Å²) in [6.45, 7) is 1.09. The lowest BCUT2D eigenvalue weighted by molar-refractivity contribution is -0.139. The summed E-state index contributed by atoms with van der Waals surface area (Å²) in [5, 5.41) is 3.27. The minimum atomic E-state index is -4.25. The molecule has 0 fully saturated rings. The molecule has 4 aromatic rings. The monoisotopic (exact) mass is 653 g/mol. The average molecular weight is 655 g/mol. The molecule has 0 saturated heterocycles. The van der Waals surface area contributed by atoms with Gasteiger partial charge in [-0.15, -0.1) is 0 Å². The molecule has 0 unspecified atom stereocenters. The SMILES string of the molecule is CNC(=O)[C@@H](Cc1ccccc1)N(Cc1c(Cl)cccc1Cl)C(=O)CN(c1cccc(OC)c1)S(=O)(=O)c1ccc(C)cc1. The number of methoxy groups -OCH3 is 1. The van der Waals surface area contributed by atoms with Crippen molar-refractivity contribution in [3.63, 3.8) is 0 Å². The number of hydrogen-bond acceptors (Lipinski definition) is 5. The van der Waals surface area contributed by atoms with Crippen LogP contribution in [-0.2, 0) is 32.6 Å². The molecule has 4 aromatic carbocycles. The van der Waals surface area contributed by atoms with Crippen LogP contribution in [0.1, 0.15) is 16.7 Å². The number of sulfonamides is 1. The highest BCUT2D eigenvalue weighted by atomic mass is 35.5. The van der Waals surface area contributed by atoms with Crippen LogP contribution in [0.25, 0.3) is 0 Å². The van der Waals surface area contributed by atoms with Crippen molar-refractivity contribution in [1.29, 1.82) is 0 Å². The van der Waals surface area contributed by atoms with Gasteiger partial charge in [-0.1, -0.05) is 83.4 Å². The van der Waals surface area contributed by atoms with Crippen LogP contribution in [0, 0.1) is 6.92 Å². The number of halogens is 2. The van der Waals surface area contributed by atoms with E-state index in [1.165, 1.54) is 37.3 Å². The van der Waals surface area contributed by atoms with Crippen LogP contribution < -0.4 is 14.4 Å². The molecule has 0 aliphatic heterocycles. The van der Waals surface area contributed by atoms with Gasteiger partial charge in [0.2, 0.25) is 11.8 Å².